The first-order valence-electron chi connectivity index (χ1n) is 12.6. The summed E-state index contributed by atoms with van der Waals surface area (Å²) in [4.78, 5) is 0. The van der Waals surface area contributed by atoms with Crippen LogP contribution in [0.25, 0.3) is 0 Å². The van der Waals surface area contributed by atoms with Crippen LogP contribution in [0.4, 0.5) is 0 Å². The molecule has 0 radical (unpaired) electrons. The number of rotatable bonds is 4. The van der Waals surface area contributed by atoms with Gasteiger partial charge in [-0.25, -0.2) is 0 Å². The van der Waals surface area contributed by atoms with Gasteiger partial charge in [-0.15, -0.1) is 0 Å². The van der Waals surface area contributed by atoms with Crippen molar-refractivity contribution < 1.29 is 14.9 Å². The summed E-state index contributed by atoms with van der Waals surface area (Å²) in [5.41, 5.74) is 3.78. The highest BCUT2D eigenvalue weighted by Crippen LogP contribution is 2.68. The molecule has 0 aromatic carbocycles. The Hall–Kier alpha value is -0.800. The van der Waals surface area contributed by atoms with Crippen LogP contribution in [0.1, 0.15) is 85.5 Å². The first-order chi connectivity index (χ1) is 14.3. The number of fused-ring (bicyclic) bond motifs is 7. The molecule has 1 aliphatic heterocycles. The van der Waals surface area contributed by atoms with Crippen molar-refractivity contribution in [1.29, 1.82) is 0 Å². The van der Waals surface area contributed by atoms with Gasteiger partial charge in [-0.3, -0.25) is 0 Å². The van der Waals surface area contributed by atoms with Gasteiger partial charge >= 0.3 is 0 Å². The van der Waals surface area contributed by atoms with Gasteiger partial charge in [0.15, 0.2) is 0 Å². The molecule has 0 amide bonds. The molecule has 30 heavy (non-hydrogen) atoms. The predicted octanol–water partition coefficient (Wildman–Crippen LogP) is 5.62. The second-order valence-electron chi connectivity index (χ2n) is 12.0. The lowest BCUT2D eigenvalue weighted by Gasteiger charge is -2.57. The van der Waals surface area contributed by atoms with Gasteiger partial charge in [-0.1, -0.05) is 32.4 Å². The van der Waals surface area contributed by atoms with Crippen LogP contribution in [0.2, 0.25) is 0 Å². The van der Waals surface area contributed by atoms with E-state index in [0.29, 0.717) is 28.8 Å². The number of ether oxygens (including phenoxy) is 1. The number of allylic oxidation sites excluding steroid dienone is 2. The molecule has 3 fully saturated rings. The highest BCUT2D eigenvalue weighted by atomic mass is 16.5. The minimum atomic E-state index is -0.117. The molecule has 3 heteroatoms. The fourth-order valence-corrected chi connectivity index (χ4v) is 8.69. The normalized spacial score (nSPS) is 48.3. The van der Waals surface area contributed by atoms with E-state index in [1.54, 1.807) is 5.57 Å². The maximum Gasteiger partial charge on any atom is 0.106 e. The molecule has 5 rings (SSSR count). The summed E-state index contributed by atoms with van der Waals surface area (Å²) in [6.45, 7) is 9.83. The van der Waals surface area contributed by atoms with Gasteiger partial charge in [0, 0.05) is 18.9 Å². The van der Waals surface area contributed by atoms with Crippen LogP contribution in [-0.4, -0.2) is 29.0 Å². The summed E-state index contributed by atoms with van der Waals surface area (Å²) in [5, 5.41) is 19.6. The van der Waals surface area contributed by atoms with Crippen LogP contribution in [0.15, 0.2) is 23.0 Å². The second kappa shape index (κ2) is 7.37. The van der Waals surface area contributed by atoms with Crippen molar-refractivity contribution in [2.45, 2.75) is 97.7 Å². The lowest BCUT2D eigenvalue weighted by Crippen LogP contribution is -2.50. The first kappa shape index (κ1) is 21.1. The van der Waals surface area contributed by atoms with Crippen molar-refractivity contribution in [3.8, 4) is 0 Å². The minimum Gasteiger partial charge on any atom is -0.494 e. The summed E-state index contributed by atoms with van der Waals surface area (Å²) in [7, 11) is 0. The van der Waals surface area contributed by atoms with Crippen molar-refractivity contribution in [2.75, 3.05) is 6.61 Å². The molecule has 0 saturated heterocycles. The van der Waals surface area contributed by atoms with Gasteiger partial charge in [-0.05, 0) is 98.4 Å². The fourth-order valence-electron chi connectivity index (χ4n) is 8.69. The molecule has 9 atom stereocenters. The van der Waals surface area contributed by atoms with Crippen molar-refractivity contribution in [1.82, 2.24) is 0 Å². The number of aliphatic hydroxyl groups excluding tert-OH is 2. The van der Waals surface area contributed by atoms with E-state index in [1.807, 2.05) is 0 Å². The third-order valence-corrected chi connectivity index (χ3v) is 10.5. The molecule has 5 aliphatic rings. The van der Waals surface area contributed by atoms with Crippen LogP contribution in [-0.2, 0) is 4.74 Å². The Balaban J connectivity index is 1.38. The van der Waals surface area contributed by atoms with Crippen molar-refractivity contribution in [3.63, 3.8) is 0 Å². The van der Waals surface area contributed by atoms with Crippen LogP contribution in [0, 0.1) is 40.4 Å². The predicted molar refractivity (Wildman–Crippen MR) is 120 cm³/mol. The summed E-state index contributed by atoms with van der Waals surface area (Å²) in [6, 6.07) is 0. The monoisotopic (exact) mass is 414 g/mol. The Kier molecular flexibility index (Phi) is 5.18. The summed E-state index contributed by atoms with van der Waals surface area (Å²) >= 11 is 0. The molecule has 2 N–H and O–H groups in total. The highest BCUT2D eigenvalue weighted by Gasteiger charge is 2.63. The average molecular weight is 415 g/mol. The Morgan fingerprint density at radius 2 is 2.00 bits per heavy atom. The molecule has 0 spiro atoms. The third kappa shape index (κ3) is 2.98. The SMILES string of the molecule is CC1=C(CCC(C)CO)O[C@H]2C[C@H]3[C@@H]4CC=C5CC(O)CC[C@]5(C)[C@H]4CC[C@]3(C)[C@@H]12. The van der Waals surface area contributed by atoms with Gasteiger partial charge in [0.2, 0.25) is 0 Å². The van der Waals surface area contributed by atoms with Crippen molar-refractivity contribution in [3.05, 3.63) is 23.0 Å². The smallest absolute Gasteiger partial charge is 0.106 e. The van der Waals surface area contributed by atoms with Crippen LogP contribution in [0.3, 0.4) is 0 Å². The Bertz CT molecular complexity index is 753. The van der Waals surface area contributed by atoms with Crippen molar-refractivity contribution >= 4 is 0 Å². The van der Waals surface area contributed by atoms with Crippen LogP contribution in [0.5, 0.6) is 0 Å². The minimum absolute atomic E-state index is 0.117. The van der Waals surface area contributed by atoms with Crippen molar-refractivity contribution in [2.24, 2.45) is 40.4 Å². The van der Waals surface area contributed by atoms with Gasteiger partial charge in [0.1, 0.15) is 6.10 Å². The third-order valence-electron chi connectivity index (χ3n) is 10.5. The quantitative estimate of drug-likeness (QED) is 0.587. The molecular weight excluding hydrogens is 372 g/mol. The molecule has 0 aromatic rings. The summed E-state index contributed by atoms with van der Waals surface area (Å²) < 4.78 is 6.62. The zero-order valence-corrected chi connectivity index (χ0v) is 19.5. The van der Waals surface area contributed by atoms with E-state index in [9.17, 15) is 10.2 Å². The topological polar surface area (TPSA) is 49.7 Å². The second-order valence-corrected chi connectivity index (χ2v) is 12.0. The average Bonchev–Trinajstić information content (AvgIpc) is 3.20. The lowest BCUT2D eigenvalue weighted by atomic mass is 9.47. The molecule has 0 bridgehead atoms. The Morgan fingerprint density at radius 3 is 2.77 bits per heavy atom. The van der Waals surface area contributed by atoms with E-state index in [4.69, 9.17) is 4.74 Å². The van der Waals surface area contributed by atoms with E-state index in [-0.39, 0.29) is 12.7 Å². The van der Waals surface area contributed by atoms with Gasteiger partial charge < -0.3 is 14.9 Å². The number of hydrogen-bond donors (Lipinski definition) is 2. The Morgan fingerprint density at radius 1 is 1.20 bits per heavy atom. The maximum absolute atomic E-state index is 10.2. The fraction of sp³-hybridized carbons (Fsp3) is 0.852. The van der Waals surface area contributed by atoms with E-state index < -0.39 is 0 Å². The van der Waals surface area contributed by atoms with E-state index in [2.05, 4.69) is 33.8 Å². The van der Waals surface area contributed by atoms with E-state index in [1.165, 1.54) is 43.4 Å². The zero-order valence-electron chi connectivity index (χ0n) is 19.5. The molecule has 3 saturated carbocycles. The molecule has 1 heterocycles. The molecule has 168 valence electrons. The lowest BCUT2D eigenvalue weighted by molar-refractivity contribution is -0.0454. The molecular formula is C27H42O3. The standard InChI is InChI=1S/C27H42O3/c1-16(15-28)5-8-23-17(2)25-24(30-23)14-22-20-7-6-18-13-19(29)9-11-26(18,3)21(20)10-12-27(22,25)4/h6,16,19-22,24-25,28-29H,5,7-15H2,1-4H3/t16?,19?,20-,21+,22+,24+,25+,26+,27+/m1/s1. The van der Waals surface area contributed by atoms with Crippen LogP contribution < -0.4 is 0 Å². The van der Waals surface area contributed by atoms with Gasteiger partial charge in [0.05, 0.1) is 11.9 Å². The number of hydrogen-bond acceptors (Lipinski definition) is 3. The molecule has 4 aliphatic carbocycles. The molecule has 0 aromatic heterocycles. The molecule has 3 nitrogen and oxygen atoms in total. The summed E-state index contributed by atoms with van der Waals surface area (Å²) in [6.07, 6.45) is 13.0. The van der Waals surface area contributed by atoms with Crippen LogP contribution >= 0.6 is 0 Å². The largest absolute Gasteiger partial charge is 0.494 e. The van der Waals surface area contributed by atoms with E-state index >= 15 is 0 Å². The maximum atomic E-state index is 10.2. The summed E-state index contributed by atoms with van der Waals surface area (Å²) in [5.74, 6) is 4.52. The van der Waals surface area contributed by atoms with E-state index in [0.717, 1.165) is 43.4 Å². The van der Waals surface area contributed by atoms with Gasteiger partial charge in [-0.2, -0.15) is 0 Å². The first-order valence-corrected chi connectivity index (χ1v) is 12.6. The zero-order chi connectivity index (χ0) is 21.3. The number of aliphatic hydroxyl groups is 2. The highest BCUT2D eigenvalue weighted by molar-refractivity contribution is 5.30. The van der Waals surface area contributed by atoms with Gasteiger partial charge in [0.25, 0.3) is 0 Å². The molecule has 2 unspecified atom stereocenters. The Labute approximate surface area is 183 Å².